The largest absolute Gasteiger partial charge is 0.330 e. The Balaban J connectivity index is 2.26. The summed E-state index contributed by atoms with van der Waals surface area (Å²) in [5.74, 6) is 0.260. The van der Waals surface area contributed by atoms with Gasteiger partial charge in [0.25, 0.3) is 0 Å². The predicted molar refractivity (Wildman–Crippen MR) is 53.3 cm³/mol. The van der Waals surface area contributed by atoms with Gasteiger partial charge in [-0.05, 0) is 37.4 Å². The highest BCUT2D eigenvalue weighted by atomic mass is 19.1. The fourth-order valence-corrected chi connectivity index (χ4v) is 2.29. The summed E-state index contributed by atoms with van der Waals surface area (Å²) in [6, 6.07) is 3.26. The van der Waals surface area contributed by atoms with Crippen molar-refractivity contribution in [1.29, 1.82) is 0 Å². The fourth-order valence-electron chi connectivity index (χ4n) is 2.29. The standard InChI is InChI=1S/C11H15FN2/c1-2-11(5-8(11)6-13)10-4-3-9(12)7-14-10/h3-4,7-8H,2,5-6,13H2,1H3. The number of aromatic nitrogens is 1. The van der Waals surface area contributed by atoms with Crippen molar-refractivity contribution in [3.05, 3.63) is 29.8 Å². The molecule has 0 bridgehead atoms. The first-order valence-corrected chi connectivity index (χ1v) is 5.05. The molecular weight excluding hydrogens is 179 g/mol. The van der Waals surface area contributed by atoms with Crippen molar-refractivity contribution >= 4 is 0 Å². The third-order valence-electron chi connectivity index (χ3n) is 3.38. The summed E-state index contributed by atoms with van der Waals surface area (Å²) in [6.07, 6.45) is 3.42. The molecule has 1 saturated carbocycles. The minimum Gasteiger partial charge on any atom is -0.330 e. The van der Waals surface area contributed by atoms with Gasteiger partial charge in [-0.15, -0.1) is 0 Å². The van der Waals surface area contributed by atoms with E-state index in [1.165, 1.54) is 12.3 Å². The first-order chi connectivity index (χ1) is 6.73. The highest BCUT2D eigenvalue weighted by Crippen LogP contribution is 2.55. The molecule has 0 amide bonds. The Kier molecular flexibility index (Phi) is 2.27. The van der Waals surface area contributed by atoms with Crippen molar-refractivity contribution in [2.75, 3.05) is 6.54 Å². The smallest absolute Gasteiger partial charge is 0.141 e. The van der Waals surface area contributed by atoms with Gasteiger partial charge in [0.2, 0.25) is 0 Å². The molecule has 0 radical (unpaired) electrons. The molecule has 14 heavy (non-hydrogen) atoms. The number of rotatable bonds is 3. The van der Waals surface area contributed by atoms with E-state index in [4.69, 9.17) is 5.73 Å². The van der Waals surface area contributed by atoms with Gasteiger partial charge in [-0.1, -0.05) is 6.92 Å². The lowest BCUT2D eigenvalue weighted by atomic mass is 9.95. The Labute approximate surface area is 83.3 Å². The van der Waals surface area contributed by atoms with E-state index in [9.17, 15) is 4.39 Å². The molecule has 76 valence electrons. The molecule has 1 fully saturated rings. The van der Waals surface area contributed by atoms with Crippen molar-refractivity contribution in [3.8, 4) is 0 Å². The molecule has 0 aliphatic heterocycles. The van der Waals surface area contributed by atoms with Crippen LogP contribution in [0.2, 0.25) is 0 Å². The second-order valence-corrected chi connectivity index (χ2v) is 4.01. The lowest BCUT2D eigenvalue weighted by molar-refractivity contribution is 0.561. The summed E-state index contributed by atoms with van der Waals surface area (Å²) in [7, 11) is 0. The van der Waals surface area contributed by atoms with Gasteiger partial charge in [0.05, 0.1) is 6.20 Å². The molecule has 0 saturated heterocycles. The first kappa shape index (κ1) is 9.59. The average molecular weight is 194 g/mol. The molecule has 2 unspecified atom stereocenters. The molecule has 3 heteroatoms. The Morgan fingerprint density at radius 1 is 1.64 bits per heavy atom. The zero-order valence-corrected chi connectivity index (χ0v) is 8.33. The van der Waals surface area contributed by atoms with E-state index in [1.54, 1.807) is 6.07 Å². The lowest BCUT2D eigenvalue weighted by Gasteiger charge is -2.13. The monoisotopic (exact) mass is 194 g/mol. The lowest BCUT2D eigenvalue weighted by Crippen LogP contribution is -2.15. The van der Waals surface area contributed by atoms with Crippen LogP contribution in [-0.4, -0.2) is 11.5 Å². The number of nitrogens with two attached hydrogens (primary N) is 1. The molecule has 1 aliphatic rings. The predicted octanol–water partition coefficient (Wildman–Crippen LogP) is 1.85. The van der Waals surface area contributed by atoms with E-state index >= 15 is 0 Å². The van der Waals surface area contributed by atoms with Crippen molar-refractivity contribution in [2.24, 2.45) is 11.7 Å². The molecule has 1 aromatic heterocycles. The van der Waals surface area contributed by atoms with Crippen molar-refractivity contribution < 1.29 is 4.39 Å². The number of hydrogen-bond donors (Lipinski definition) is 1. The third-order valence-corrected chi connectivity index (χ3v) is 3.38. The maximum absolute atomic E-state index is 12.7. The summed E-state index contributed by atoms with van der Waals surface area (Å²) in [6.45, 7) is 2.84. The van der Waals surface area contributed by atoms with Crippen LogP contribution in [0.4, 0.5) is 4.39 Å². The van der Waals surface area contributed by atoms with E-state index in [1.807, 2.05) is 0 Å². The minimum atomic E-state index is -0.273. The molecule has 0 aromatic carbocycles. The van der Waals surface area contributed by atoms with Gasteiger partial charge in [0.1, 0.15) is 5.82 Å². The van der Waals surface area contributed by atoms with Crippen LogP contribution in [0.5, 0.6) is 0 Å². The van der Waals surface area contributed by atoms with Crippen LogP contribution in [0.15, 0.2) is 18.3 Å². The second kappa shape index (κ2) is 3.31. The van der Waals surface area contributed by atoms with Crippen LogP contribution >= 0.6 is 0 Å². The summed E-state index contributed by atoms with van der Waals surface area (Å²) in [4.78, 5) is 4.15. The SMILES string of the molecule is CCC1(c2ccc(F)cn2)CC1CN. The third kappa shape index (κ3) is 1.32. The topological polar surface area (TPSA) is 38.9 Å². The zero-order valence-electron chi connectivity index (χ0n) is 8.33. The van der Waals surface area contributed by atoms with Gasteiger partial charge in [-0.2, -0.15) is 0 Å². The van der Waals surface area contributed by atoms with Crippen molar-refractivity contribution in [3.63, 3.8) is 0 Å². The maximum atomic E-state index is 12.7. The summed E-state index contributed by atoms with van der Waals surface area (Å²) < 4.78 is 12.7. The average Bonchev–Trinajstić information content (AvgIpc) is 2.94. The van der Waals surface area contributed by atoms with Crippen LogP contribution in [0.1, 0.15) is 25.5 Å². The summed E-state index contributed by atoms with van der Waals surface area (Å²) in [5.41, 5.74) is 6.79. The molecule has 1 heterocycles. The van der Waals surface area contributed by atoms with Gasteiger partial charge >= 0.3 is 0 Å². The molecule has 2 nitrogen and oxygen atoms in total. The first-order valence-electron chi connectivity index (χ1n) is 5.05. The van der Waals surface area contributed by atoms with Gasteiger partial charge < -0.3 is 5.73 Å². The van der Waals surface area contributed by atoms with E-state index in [2.05, 4.69) is 11.9 Å². The Morgan fingerprint density at radius 3 is 2.86 bits per heavy atom. The van der Waals surface area contributed by atoms with E-state index in [0.717, 1.165) is 18.5 Å². The summed E-state index contributed by atoms with van der Waals surface area (Å²) in [5, 5.41) is 0. The van der Waals surface area contributed by atoms with Crippen LogP contribution in [0.25, 0.3) is 0 Å². The fraction of sp³-hybridized carbons (Fsp3) is 0.545. The number of hydrogen-bond acceptors (Lipinski definition) is 2. The van der Waals surface area contributed by atoms with Crippen LogP contribution in [0.3, 0.4) is 0 Å². The van der Waals surface area contributed by atoms with E-state index in [0.29, 0.717) is 12.5 Å². The maximum Gasteiger partial charge on any atom is 0.141 e. The van der Waals surface area contributed by atoms with Crippen molar-refractivity contribution in [1.82, 2.24) is 4.98 Å². The van der Waals surface area contributed by atoms with Crippen LogP contribution < -0.4 is 5.73 Å². The van der Waals surface area contributed by atoms with Gasteiger partial charge in [0, 0.05) is 11.1 Å². The van der Waals surface area contributed by atoms with E-state index < -0.39 is 0 Å². The number of halogens is 1. The molecular formula is C11H15FN2. The van der Waals surface area contributed by atoms with Crippen LogP contribution in [0, 0.1) is 11.7 Å². The molecule has 2 N–H and O–H groups in total. The highest BCUT2D eigenvalue weighted by molar-refractivity contribution is 5.27. The minimum absolute atomic E-state index is 0.141. The molecule has 0 spiro atoms. The molecule has 2 atom stereocenters. The number of pyridine rings is 1. The van der Waals surface area contributed by atoms with Gasteiger partial charge in [-0.3, -0.25) is 4.98 Å². The van der Waals surface area contributed by atoms with Crippen LogP contribution in [-0.2, 0) is 5.41 Å². The molecule has 1 aliphatic carbocycles. The van der Waals surface area contributed by atoms with Gasteiger partial charge in [0.15, 0.2) is 0 Å². The quantitative estimate of drug-likeness (QED) is 0.797. The Morgan fingerprint density at radius 2 is 2.43 bits per heavy atom. The summed E-state index contributed by atoms with van der Waals surface area (Å²) >= 11 is 0. The number of nitrogens with zero attached hydrogens (tertiary/aromatic N) is 1. The Bertz CT molecular complexity index is 323. The molecule has 1 aromatic rings. The second-order valence-electron chi connectivity index (χ2n) is 4.01. The van der Waals surface area contributed by atoms with Crippen molar-refractivity contribution in [2.45, 2.75) is 25.2 Å². The Hall–Kier alpha value is -0.960. The normalized spacial score (nSPS) is 30.4. The van der Waals surface area contributed by atoms with Gasteiger partial charge in [-0.25, -0.2) is 4.39 Å². The highest BCUT2D eigenvalue weighted by Gasteiger charge is 2.53. The molecule has 2 rings (SSSR count). The zero-order chi connectivity index (χ0) is 10.2. The van der Waals surface area contributed by atoms with E-state index in [-0.39, 0.29) is 11.2 Å².